The van der Waals surface area contributed by atoms with Gasteiger partial charge in [0, 0.05) is 6.61 Å². The molecular formula is C10H20O. The van der Waals surface area contributed by atoms with Gasteiger partial charge in [0.25, 0.3) is 0 Å². The third-order valence-electron chi connectivity index (χ3n) is 2.61. The molecule has 0 aromatic rings. The SMILES string of the molecule is CCCCO[C@@H]1CCCC1C. The zero-order valence-corrected chi connectivity index (χ0v) is 7.81. The lowest BCUT2D eigenvalue weighted by Crippen LogP contribution is -2.16. The molecule has 1 unspecified atom stereocenters. The van der Waals surface area contributed by atoms with E-state index in [0.29, 0.717) is 6.10 Å². The van der Waals surface area contributed by atoms with E-state index in [0.717, 1.165) is 12.5 Å². The minimum absolute atomic E-state index is 0.585. The first-order valence-electron chi connectivity index (χ1n) is 4.96. The van der Waals surface area contributed by atoms with Crippen molar-refractivity contribution >= 4 is 0 Å². The molecule has 1 rings (SSSR count). The third-order valence-corrected chi connectivity index (χ3v) is 2.61. The number of unbranched alkanes of at least 4 members (excludes halogenated alkanes) is 1. The van der Waals surface area contributed by atoms with Crippen LogP contribution in [0.15, 0.2) is 0 Å². The van der Waals surface area contributed by atoms with Gasteiger partial charge in [-0.05, 0) is 25.2 Å². The van der Waals surface area contributed by atoms with E-state index in [9.17, 15) is 0 Å². The van der Waals surface area contributed by atoms with Gasteiger partial charge < -0.3 is 4.74 Å². The van der Waals surface area contributed by atoms with E-state index in [1.807, 2.05) is 0 Å². The van der Waals surface area contributed by atoms with Crippen molar-refractivity contribution in [1.82, 2.24) is 0 Å². The molecule has 0 radical (unpaired) electrons. The van der Waals surface area contributed by atoms with Crippen molar-refractivity contribution in [3.63, 3.8) is 0 Å². The average Bonchev–Trinajstić information content (AvgIpc) is 2.37. The molecule has 0 amide bonds. The van der Waals surface area contributed by atoms with Crippen molar-refractivity contribution in [2.45, 2.75) is 52.1 Å². The molecule has 1 aliphatic carbocycles. The second kappa shape index (κ2) is 4.76. The van der Waals surface area contributed by atoms with Crippen LogP contribution >= 0.6 is 0 Å². The van der Waals surface area contributed by atoms with Crippen molar-refractivity contribution in [2.24, 2.45) is 5.92 Å². The lowest BCUT2D eigenvalue weighted by molar-refractivity contribution is 0.0311. The standard InChI is InChI=1S/C10H20O/c1-3-4-8-11-10-7-5-6-9(10)2/h9-10H,3-8H2,1-2H3/t9?,10-/m1/s1. The van der Waals surface area contributed by atoms with Gasteiger partial charge in [0.15, 0.2) is 0 Å². The van der Waals surface area contributed by atoms with E-state index in [2.05, 4.69) is 13.8 Å². The van der Waals surface area contributed by atoms with Gasteiger partial charge >= 0.3 is 0 Å². The molecule has 1 aliphatic rings. The molecular weight excluding hydrogens is 136 g/mol. The Kier molecular flexibility index (Phi) is 3.92. The van der Waals surface area contributed by atoms with Crippen LogP contribution in [0.25, 0.3) is 0 Å². The minimum atomic E-state index is 0.585. The van der Waals surface area contributed by atoms with Crippen LogP contribution in [0.2, 0.25) is 0 Å². The van der Waals surface area contributed by atoms with Gasteiger partial charge in [-0.1, -0.05) is 26.7 Å². The summed E-state index contributed by atoms with van der Waals surface area (Å²) in [7, 11) is 0. The summed E-state index contributed by atoms with van der Waals surface area (Å²) < 4.78 is 5.76. The fraction of sp³-hybridized carbons (Fsp3) is 1.00. The fourth-order valence-electron chi connectivity index (χ4n) is 1.74. The van der Waals surface area contributed by atoms with E-state index >= 15 is 0 Å². The molecule has 0 saturated heterocycles. The second-order valence-corrected chi connectivity index (χ2v) is 3.67. The quantitative estimate of drug-likeness (QED) is 0.568. The van der Waals surface area contributed by atoms with Gasteiger partial charge in [-0.2, -0.15) is 0 Å². The Morgan fingerprint density at radius 3 is 2.73 bits per heavy atom. The lowest BCUT2D eigenvalue weighted by atomic mass is 10.1. The summed E-state index contributed by atoms with van der Waals surface area (Å²) in [4.78, 5) is 0. The third kappa shape index (κ3) is 2.82. The highest BCUT2D eigenvalue weighted by atomic mass is 16.5. The number of rotatable bonds is 4. The molecule has 0 bridgehead atoms. The Labute approximate surface area is 70.1 Å². The van der Waals surface area contributed by atoms with Crippen molar-refractivity contribution in [2.75, 3.05) is 6.61 Å². The predicted octanol–water partition coefficient (Wildman–Crippen LogP) is 2.99. The molecule has 0 N–H and O–H groups in total. The van der Waals surface area contributed by atoms with E-state index < -0.39 is 0 Å². The van der Waals surface area contributed by atoms with Gasteiger partial charge in [-0.25, -0.2) is 0 Å². The first-order valence-corrected chi connectivity index (χ1v) is 4.96. The lowest BCUT2D eigenvalue weighted by Gasteiger charge is -2.15. The van der Waals surface area contributed by atoms with Crippen molar-refractivity contribution in [1.29, 1.82) is 0 Å². The summed E-state index contributed by atoms with van der Waals surface area (Å²) in [5, 5.41) is 0. The van der Waals surface area contributed by atoms with Gasteiger partial charge in [0.1, 0.15) is 0 Å². The molecule has 0 aromatic heterocycles. The van der Waals surface area contributed by atoms with Gasteiger partial charge in [0.2, 0.25) is 0 Å². The highest BCUT2D eigenvalue weighted by molar-refractivity contribution is 4.74. The summed E-state index contributed by atoms with van der Waals surface area (Å²) in [5.41, 5.74) is 0. The molecule has 66 valence electrons. The zero-order chi connectivity index (χ0) is 8.10. The van der Waals surface area contributed by atoms with Crippen LogP contribution in [0, 0.1) is 5.92 Å². The average molecular weight is 156 g/mol. The van der Waals surface area contributed by atoms with Crippen LogP contribution in [0.1, 0.15) is 46.0 Å². The molecule has 1 saturated carbocycles. The van der Waals surface area contributed by atoms with E-state index in [1.165, 1.54) is 32.1 Å². The van der Waals surface area contributed by atoms with Crippen LogP contribution in [0.4, 0.5) is 0 Å². The highest BCUT2D eigenvalue weighted by Crippen LogP contribution is 2.27. The number of ether oxygens (including phenoxy) is 1. The fourth-order valence-corrected chi connectivity index (χ4v) is 1.74. The number of hydrogen-bond donors (Lipinski definition) is 0. The molecule has 2 atom stereocenters. The Morgan fingerprint density at radius 2 is 2.18 bits per heavy atom. The van der Waals surface area contributed by atoms with Crippen molar-refractivity contribution < 1.29 is 4.74 Å². The number of hydrogen-bond acceptors (Lipinski definition) is 1. The molecule has 11 heavy (non-hydrogen) atoms. The Balaban J connectivity index is 2.05. The highest BCUT2D eigenvalue weighted by Gasteiger charge is 2.23. The summed E-state index contributed by atoms with van der Waals surface area (Å²) in [5.74, 6) is 0.812. The second-order valence-electron chi connectivity index (χ2n) is 3.67. The van der Waals surface area contributed by atoms with Crippen LogP contribution in [0.5, 0.6) is 0 Å². The summed E-state index contributed by atoms with van der Waals surface area (Å²) in [6.07, 6.45) is 7.10. The maximum absolute atomic E-state index is 5.76. The van der Waals surface area contributed by atoms with Crippen LogP contribution in [-0.4, -0.2) is 12.7 Å². The topological polar surface area (TPSA) is 9.23 Å². The maximum atomic E-state index is 5.76. The Morgan fingerprint density at radius 1 is 1.36 bits per heavy atom. The molecule has 0 aliphatic heterocycles. The van der Waals surface area contributed by atoms with Gasteiger partial charge in [-0.3, -0.25) is 0 Å². The van der Waals surface area contributed by atoms with E-state index in [4.69, 9.17) is 4.74 Å². The first kappa shape index (κ1) is 9.05. The zero-order valence-electron chi connectivity index (χ0n) is 7.81. The van der Waals surface area contributed by atoms with Crippen molar-refractivity contribution in [3.05, 3.63) is 0 Å². The molecule has 0 heterocycles. The Hall–Kier alpha value is -0.0400. The van der Waals surface area contributed by atoms with Gasteiger partial charge in [0.05, 0.1) is 6.10 Å². The first-order chi connectivity index (χ1) is 5.34. The normalized spacial score (nSPS) is 31.1. The largest absolute Gasteiger partial charge is 0.378 e. The molecule has 0 aromatic carbocycles. The van der Waals surface area contributed by atoms with Crippen LogP contribution < -0.4 is 0 Å². The monoisotopic (exact) mass is 156 g/mol. The molecule has 0 spiro atoms. The molecule has 1 fully saturated rings. The van der Waals surface area contributed by atoms with Crippen molar-refractivity contribution in [3.8, 4) is 0 Å². The molecule has 1 heteroatoms. The molecule has 1 nitrogen and oxygen atoms in total. The predicted molar refractivity (Wildman–Crippen MR) is 47.7 cm³/mol. The van der Waals surface area contributed by atoms with Crippen LogP contribution in [-0.2, 0) is 4.74 Å². The van der Waals surface area contributed by atoms with E-state index in [-0.39, 0.29) is 0 Å². The van der Waals surface area contributed by atoms with Gasteiger partial charge in [-0.15, -0.1) is 0 Å². The smallest absolute Gasteiger partial charge is 0.0600 e. The summed E-state index contributed by atoms with van der Waals surface area (Å²) in [6.45, 7) is 5.50. The van der Waals surface area contributed by atoms with E-state index in [1.54, 1.807) is 0 Å². The minimum Gasteiger partial charge on any atom is -0.378 e. The Bertz CT molecular complexity index is 101. The summed E-state index contributed by atoms with van der Waals surface area (Å²) in [6, 6.07) is 0. The van der Waals surface area contributed by atoms with Crippen LogP contribution in [0.3, 0.4) is 0 Å². The summed E-state index contributed by atoms with van der Waals surface area (Å²) >= 11 is 0. The maximum Gasteiger partial charge on any atom is 0.0600 e.